The van der Waals surface area contributed by atoms with Gasteiger partial charge in [-0.3, -0.25) is 4.68 Å². The van der Waals surface area contributed by atoms with E-state index >= 15 is 0 Å². The Morgan fingerprint density at radius 2 is 2.24 bits per heavy atom. The minimum atomic E-state index is -3.90. The third-order valence-electron chi connectivity index (χ3n) is 2.72. The summed E-state index contributed by atoms with van der Waals surface area (Å²) in [5.74, 6) is -1.81. The van der Waals surface area contributed by atoms with Crippen molar-refractivity contribution in [2.24, 2.45) is 7.05 Å². The summed E-state index contributed by atoms with van der Waals surface area (Å²) < 4.78 is 32.9. The highest BCUT2D eigenvalue weighted by atomic mass is 79.9. The zero-order valence-electron chi connectivity index (χ0n) is 11.1. The molecule has 0 fully saturated rings. The number of aromatic carboxylic acids is 1. The van der Waals surface area contributed by atoms with Crippen LogP contribution in [0.3, 0.4) is 0 Å². The molecule has 0 unspecified atom stereocenters. The third-order valence-corrected chi connectivity index (χ3v) is 4.98. The fraction of sp³-hybridized carbons (Fsp3) is 0.273. The molecule has 0 saturated carbocycles. The normalized spacial score (nSPS) is 11.8. The molecule has 0 saturated heterocycles. The van der Waals surface area contributed by atoms with E-state index in [1.807, 2.05) is 0 Å². The number of carboxylic acid groups (broad SMARTS) is 1. The Labute approximate surface area is 128 Å². The molecule has 2 N–H and O–H groups in total. The van der Waals surface area contributed by atoms with Crippen LogP contribution in [0.2, 0.25) is 0 Å². The van der Waals surface area contributed by atoms with E-state index in [2.05, 4.69) is 25.8 Å². The summed E-state index contributed by atoms with van der Waals surface area (Å²) in [6.45, 7) is 1.81. The summed E-state index contributed by atoms with van der Waals surface area (Å²) in [6.07, 6.45) is 1.70. The van der Waals surface area contributed by atoms with E-state index in [-0.39, 0.29) is 16.1 Å². The Balaban J connectivity index is 2.22. The van der Waals surface area contributed by atoms with Gasteiger partial charge in [0.2, 0.25) is 15.8 Å². The predicted molar refractivity (Wildman–Crippen MR) is 75.3 cm³/mol. The number of nitrogens with zero attached hydrogens (tertiary/aromatic N) is 2. The van der Waals surface area contributed by atoms with Gasteiger partial charge in [0.25, 0.3) is 0 Å². The third kappa shape index (κ3) is 3.34. The molecular formula is C11H12BrN3O5S. The molecule has 0 spiro atoms. The zero-order chi connectivity index (χ0) is 15.8. The van der Waals surface area contributed by atoms with Crippen molar-refractivity contribution in [2.75, 3.05) is 0 Å². The van der Waals surface area contributed by atoms with Crippen LogP contribution in [0.15, 0.2) is 26.2 Å². The molecule has 8 nitrogen and oxygen atoms in total. The Morgan fingerprint density at radius 1 is 1.57 bits per heavy atom. The van der Waals surface area contributed by atoms with Crippen molar-refractivity contribution in [2.45, 2.75) is 18.4 Å². The van der Waals surface area contributed by atoms with Crippen LogP contribution in [0.4, 0.5) is 0 Å². The number of hydrogen-bond acceptors (Lipinski definition) is 5. The van der Waals surface area contributed by atoms with Gasteiger partial charge in [-0.25, -0.2) is 17.9 Å². The van der Waals surface area contributed by atoms with Gasteiger partial charge in [-0.15, -0.1) is 0 Å². The zero-order valence-corrected chi connectivity index (χ0v) is 13.5. The lowest BCUT2D eigenvalue weighted by Crippen LogP contribution is -2.23. The lowest BCUT2D eigenvalue weighted by atomic mass is 10.3. The monoisotopic (exact) mass is 377 g/mol. The van der Waals surface area contributed by atoms with E-state index in [0.717, 1.165) is 11.6 Å². The average Bonchev–Trinajstić information content (AvgIpc) is 2.90. The van der Waals surface area contributed by atoms with Gasteiger partial charge in [0.1, 0.15) is 4.90 Å². The molecule has 0 aliphatic heterocycles. The number of carbonyl (C=O) groups is 1. The van der Waals surface area contributed by atoms with Crippen molar-refractivity contribution in [1.82, 2.24) is 14.5 Å². The van der Waals surface area contributed by atoms with Crippen LogP contribution in [0.25, 0.3) is 0 Å². The highest BCUT2D eigenvalue weighted by molar-refractivity contribution is 9.10. The van der Waals surface area contributed by atoms with Crippen molar-refractivity contribution in [3.63, 3.8) is 0 Å². The number of sulfonamides is 1. The van der Waals surface area contributed by atoms with Crippen LogP contribution >= 0.6 is 15.9 Å². The van der Waals surface area contributed by atoms with Crippen molar-refractivity contribution in [1.29, 1.82) is 0 Å². The molecule has 2 rings (SSSR count). The van der Waals surface area contributed by atoms with Gasteiger partial charge >= 0.3 is 5.97 Å². The summed E-state index contributed by atoms with van der Waals surface area (Å²) in [6, 6.07) is 0.949. The van der Waals surface area contributed by atoms with Crippen LogP contribution in [0, 0.1) is 6.92 Å². The molecule has 0 aliphatic carbocycles. The molecule has 2 heterocycles. The summed E-state index contributed by atoms with van der Waals surface area (Å²) in [5.41, 5.74) is 1.43. The fourth-order valence-electron chi connectivity index (χ4n) is 1.71. The van der Waals surface area contributed by atoms with E-state index in [0.29, 0.717) is 5.69 Å². The Kier molecular flexibility index (Phi) is 4.21. The molecule has 10 heteroatoms. The van der Waals surface area contributed by atoms with E-state index in [1.54, 1.807) is 24.9 Å². The number of halogens is 1. The average molecular weight is 378 g/mol. The van der Waals surface area contributed by atoms with Crippen LogP contribution < -0.4 is 4.72 Å². The number of aromatic nitrogens is 2. The number of aryl methyl sites for hydroxylation is 2. The molecule has 21 heavy (non-hydrogen) atoms. The Bertz CT molecular complexity index is 793. The standard InChI is InChI=1S/C11H12BrN3O5S/c1-6-7(5-15(2)14-6)4-13-21(18,19)9-3-8(11(16)17)20-10(9)12/h3,5,13H,4H2,1-2H3,(H,16,17). The van der Waals surface area contributed by atoms with Gasteiger partial charge in [-0.1, -0.05) is 0 Å². The quantitative estimate of drug-likeness (QED) is 0.810. The maximum absolute atomic E-state index is 12.2. The number of nitrogens with one attached hydrogen (secondary N) is 1. The molecule has 0 amide bonds. The van der Waals surface area contributed by atoms with Gasteiger partial charge in [0.15, 0.2) is 4.67 Å². The second-order valence-corrected chi connectivity index (χ2v) is 6.75. The number of rotatable bonds is 5. The Morgan fingerprint density at radius 3 is 2.71 bits per heavy atom. The predicted octanol–water partition coefficient (Wildman–Crippen LogP) is 1.26. The molecular weight excluding hydrogens is 366 g/mol. The highest BCUT2D eigenvalue weighted by Gasteiger charge is 2.25. The SMILES string of the molecule is Cc1nn(C)cc1CNS(=O)(=O)c1cc(C(=O)O)oc1Br. The maximum atomic E-state index is 12.2. The lowest BCUT2D eigenvalue weighted by molar-refractivity contribution is 0.0661. The van der Waals surface area contributed by atoms with Gasteiger partial charge < -0.3 is 9.52 Å². The van der Waals surface area contributed by atoms with E-state index in [4.69, 9.17) is 9.52 Å². The molecule has 0 aromatic carbocycles. The second-order valence-electron chi connectivity index (χ2n) is 4.29. The summed E-state index contributed by atoms with van der Waals surface area (Å²) >= 11 is 2.90. The van der Waals surface area contributed by atoms with E-state index in [1.165, 1.54) is 0 Å². The minimum Gasteiger partial charge on any atom is -0.475 e. The molecule has 0 atom stereocenters. The topological polar surface area (TPSA) is 114 Å². The first-order valence-corrected chi connectivity index (χ1v) is 7.99. The number of carboxylic acids is 1. The smallest absolute Gasteiger partial charge is 0.371 e. The van der Waals surface area contributed by atoms with Gasteiger partial charge in [-0.05, 0) is 22.9 Å². The molecule has 2 aromatic heterocycles. The maximum Gasteiger partial charge on any atom is 0.371 e. The first kappa shape index (κ1) is 15.7. The summed E-state index contributed by atoms with van der Waals surface area (Å²) in [5, 5.41) is 12.9. The fourth-order valence-corrected chi connectivity index (χ4v) is 3.66. The van der Waals surface area contributed by atoms with Gasteiger partial charge in [0.05, 0.1) is 5.69 Å². The van der Waals surface area contributed by atoms with Crippen molar-refractivity contribution >= 4 is 31.9 Å². The van der Waals surface area contributed by atoms with Crippen molar-refractivity contribution in [3.8, 4) is 0 Å². The molecule has 2 aromatic rings. The molecule has 0 bridgehead atoms. The van der Waals surface area contributed by atoms with Crippen LogP contribution in [0.5, 0.6) is 0 Å². The summed E-state index contributed by atoms with van der Waals surface area (Å²) in [4.78, 5) is 10.5. The lowest BCUT2D eigenvalue weighted by Gasteiger charge is -2.04. The van der Waals surface area contributed by atoms with Gasteiger partial charge in [0, 0.05) is 31.4 Å². The van der Waals surface area contributed by atoms with E-state index in [9.17, 15) is 13.2 Å². The summed E-state index contributed by atoms with van der Waals surface area (Å²) in [7, 11) is -2.17. The largest absolute Gasteiger partial charge is 0.475 e. The Hall–Kier alpha value is -1.65. The molecule has 114 valence electrons. The first-order valence-electron chi connectivity index (χ1n) is 5.72. The highest BCUT2D eigenvalue weighted by Crippen LogP contribution is 2.26. The molecule has 0 aliphatic rings. The first-order chi connectivity index (χ1) is 9.70. The number of furan rings is 1. The number of hydrogen-bond donors (Lipinski definition) is 2. The van der Waals surface area contributed by atoms with Crippen LogP contribution in [-0.4, -0.2) is 29.3 Å². The minimum absolute atomic E-state index is 0.0437. The van der Waals surface area contributed by atoms with Crippen LogP contribution in [0.1, 0.15) is 21.8 Å². The molecule has 0 radical (unpaired) electrons. The van der Waals surface area contributed by atoms with Crippen molar-refractivity contribution in [3.05, 3.63) is 34.0 Å². The van der Waals surface area contributed by atoms with Crippen molar-refractivity contribution < 1.29 is 22.7 Å². The second kappa shape index (κ2) is 5.62. The van der Waals surface area contributed by atoms with E-state index < -0.39 is 21.8 Å². The van der Waals surface area contributed by atoms with Gasteiger partial charge in [-0.2, -0.15) is 5.10 Å². The van der Waals surface area contributed by atoms with Crippen LogP contribution in [-0.2, 0) is 23.6 Å².